The first-order valence-corrected chi connectivity index (χ1v) is 9.17. The standard InChI is InChI=1S/C21H24N2O4/c1-4-26-18-11-10-16(13-19(18)27-5-2)22-20(24)21(25)23-14(3)12-15-8-6-7-9-17(15)23/h6-11,13-14H,4-5,12H2,1-3H3,(H,22,24). The molecule has 0 saturated heterocycles. The predicted octanol–water partition coefficient (Wildman–Crippen LogP) is 3.40. The number of para-hydroxylation sites is 1. The molecule has 0 aliphatic carbocycles. The van der Waals surface area contributed by atoms with Crippen LogP contribution in [0.3, 0.4) is 0 Å². The summed E-state index contributed by atoms with van der Waals surface area (Å²) in [6, 6.07) is 12.7. The molecule has 2 aromatic carbocycles. The molecule has 2 aromatic rings. The van der Waals surface area contributed by atoms with Gasteiger partial charge in [0.1, 0.15) is 0 Å². The van der Waals surface area contributed by atoms with Crippen molar-refractivity contribution in [1.82, 2.24) is 0 Å². The Labute approximate surface area is 159 Å². The second kappa shape index (κ2) is 8.12. The summed E-state index contributed by atoms with van der Waals surface area (Å²) in [4.78, 5) is 26.9. The van der Waals surface area contributed by atoms with Gasteiger partial charge in [-0.2, -0.15) is 0 Å². The Balaban J connectivity index is 1.77. The molecule has 0 fully saturated rings. The Hall–Kier alpha value is -3.02. The first-order chi connectivity index (χ1) is 13.0. The number of rotatable bonds is 5. The average molecular weight is 368 g/mol. The molecule has 1 heterocycles. The molecule has 0 radical (unpaired) electrons. The number of carbonyl (C=O) groups is 2. The van der Waals surface area contributed by atoms with Crippen LogP contribution in [-0.2, 0) is 16.0 Å². The van der Waals surface area contributed by atoms with Crippen LogP contribution in [0, 0.1) is 0 Å². The van der Waals surface area contributed by atoms with E-state index in [1.54, 1.807) is 23.1 Å². The highest BCUT2D eigenvalue weighted by molar-refractivity contribution is 6.44. The second-order valence-corrected chi connectivity index (χ2v) is 6.34. The lowest BCUT2D eigenvalue weighted by molar-refractivity contribution is -0.134. The minimum Gasteiger partial charge on any atom is -0.490 e. The Bertz CT molecular complexity index is 850. The van der Waals surface area contributed by atoms with Crippen molar-refractivity contribution >= 4 is 23.2 Å². The molecule has 3 rings (SSSR count). The highest BCUT2D eigenvalue weighted by atomic mass is 16.5. The molecule has 1 atom stereocenters. The fraction of sp³-hybridized carbons (Fsp3) is 0.333. The SMILES string of the molecule is CCOc1ccc(NC(=O)C(=O)N2c3ccccc3CC2C)cc1OCC. The van der Waals surface area contributed by atoms with Gasteiger partial charge in [-0.25, -0.2) is 0 Å². The molecule has 2 amide bonds. The molecular formula is C21H24N2O4. The van der Waals surface area contributed by atoms with Crippen LogP contribution in [0.25, 0.3) is 0 Å². The zero-order valence-corrected chi connectivity index (χ0v) is 15.8. The van der Waals surface area contributed by atoms with Gasteiger partial charge in [0, 0.05) is 23.5 Å². The minimum atomic E-state index is -0.676. The van der Waals surface area contributed by atoms with Crippen LogP contribution in [0.5, 0.6) is 11.5 Å². The van der Waals surface area contributed by atoms with Gasteiger partial charge >= 0.3 is 11.8 Å². The second-order valence-electron chi connectivity index (χ2n) is 6.34. The average Bonchev–Trinajstić information content (AvgIpc) is 2.99. The molecule has 0 saturated carbocycles. The normalized spacial score (nSPS) is 15.2. The summed E-state index contributed by atoms with van der Waals surface area (Å²) in [5.74, 6) is -0.111. The first-order valence-electron chi connectivity index (χ1n) is 9.17. The van der Waals surface area contributed by atoms with Gasteiger partial charge in [0.25, 0.3) is 0 Å². The van der Waals surface area contributed by atoms with Crippen LogP contribution in [0.4, 0.5) is 11.4 Å². The van der Waals surface area contributed by atoms with Crippen molar-refractivity contribution in [2.75, 3.05) is 23.4 Å². The fourth-order valence-electron chi connectivity index (χ4n) is 3.30. The van der Waals surface area contributed by atoms with Crippen molar-refractivity contribution in [3.63, 3.8) is 0 Å². The van der Waals surface area contributed by atoms with E-state index in [-0.39, 0.29) is 6.04 Å². The zero-order chi connectivity index (χ0) is 19.4. The van der Waals surface area contributed by atoms with E-state index in [1.807, 2.05) is 45.0 Å². The van der Waals surface area contributed by atoms with Crippen LogP contribution >= 0.6 is 0 Å². The third-order valence-electron chi connectivity index (χ3n) is 4.42. The van der Waals surface area contributed by atoms with Crippen molar-refractivity contribution in [3.05, 3.63) is 48.0 Å². The highest BCUT2D eigenvalue weighted by Gasteiger charge is 2.34. The maximum absolute atomic E-state index is 12.8. The third kappa shape index (κ3) is 3.89. The molecule has 6 nitrogen and oxygen atoms in total. The third-order valence-corrected chi connectivity index (χ3v) is 4.42. The van der Waals surface area contributed by atoms with E-state index in [0.29, 0.717) is 30.4 Å². The van der Waals surface area contributed by atoms with Crippen LogP contribution in [0.15, 0.2) is 42.5 Å². The number of nitrogens with one attached hydrogen (secondary N) is 1. The van der Waals surface area contributed by atoms with E-state index < -0.39 is 11.8 Å². The molecule has 142 valence electrons. The van der Waals surface area contributed by atoms with Gasteiger partial charge in [-0.05, 0) is 51.0 Å². The van der Waals surface area contributed by atoms with Gasteiger partial charge < -0.3 is 19.7 Å². The van der Waals surface area contributed by atoms with Gasteiger partial charge in [-0.15, -0.1) is 0 Å². The molecule has 27 heavy (non-hydrogen) atoms. The Morgan fingerprint density at radius 3 is 2.52 bits per heavy atom. The Morgan fingerprint density at radius 1 is 1.07 bits per heavy atom. The van der Waals surface area contributed by atoms with E-state index in [0.717, 1.165) is 17.7 Å². The largest absolute Gasteiger partial charge is 0.490 e. The maximum atomic E-state index is 12.8. The lowest BCUT2D eigenvalue weighted by Crippen LogP contribution is -2.43. The molecule has 0 bridgehead atoms. The summed E-state index contributed by atoms with van der Waals surface area (Å²) in [6.45, 7) is 6.68. The van der Waals surface area contributed by atoms with Crippen molar-refractivity contribution in [3.8, 4) is 11.5 Å². The van der Waals surface area contributed by atoms with Gasteiger partial charge in [-0.3, -0.25) is 9.59 Å². The summed E-state index contributed by atoms with van der Waals surface area (Å²) < 4.78 is 11.1. The van der Waals surface area contributed by atoms with E-state index in [1.165, 1.54) is 0 Å². The van der Waals surface area contributed by atoms with E-state index in [2.05, 4.69) is 5.32 Å². The van der Waals surface area contributed by atoms with Gasteiger partial charge in [0.2, 0.25) is 0 Å². The number of ether oxygens (including phenoxy) is 2. The fourth-order valence-corrected chi connectivity index (χ4v) is 3.30. The van der Waals surface area contributed by atoms with Crippen molar-refractivity contribution in [2.24, 2.45) is 0 Å². The van der Waals surface area contributed by atoms with Gasteiger partial charge in [0.15, 0.2) is 11.5 Å². The quantitative estimate of drug-likeness (QED) is 0.822. The van der Waals surface area contributed by atoms with Crippen molar-refractivity contribution in [1.29, 1.82) is 0 Å². The van der Waals surface area contributed by atoms with Crippen LogP contribution < -0.4 is 19.7 Å². The topological polar surface area (TPSA) is 67.9 Å². The number of benzene rings is 2. The molecule has 1 aliphatic rings. The number of carbonyl (C=O) groups excluding carboxylic acids is 2. The maximum Gasteiger partial charge on any atom is 0.316 e. The summed E-state index contributed by atoms with van der Waals surface area (Å²) in [6.07, 6.45) is 0.743. The van der Waals surface area contributed by atoms with Crippen molar-refractivity contribution < 1.29 is 19.1 Å². The lowest BCUT2D eigenvalue weighted by atomic mass is 10.1. The molecule has 0 aromatic heterocycles. The number of fused-ring (bicyclic) bond motifs is 1. The number of hydrogen-bond donors (Lipinski definition) is 1. The van der Waals surface area contributed by atoms with Crippen LogP contribution in [0.1, 0.15) is 26.3 Å². The number of hydrogen-bond acceptors (Lipinski definition) is 4. The van der Waals surface area contributed by atoms with Crippen LogP contribution in [-0.4, -0.2) is 31.1 Å². The number of nitrogens with zero attached hydrogens (tertiary/aromatic N) is 1. The molecule has 1 unspecified atom stereocenters. The number of amides is 2. The molecular weight excluding hydrogens is 344 g/mol. The minimum absolute atomic E-state index is 0.0556. The lowest BCUT2D eigenvalue weighted by Gasteiger charge is -2.22. The smallest absolute Gasteiger partial charge is 0.316 e. The van der Waals surface area contributed by atoms with Gasteiger partial charge in [-0.1, -0.05) is 18.2 Å². The first kappa shape index (κ1) is 18.8. The predicted molar refractivity (Wildman–Crippen MR) is 105 cm³/mol. The summed E-state index contributed by atoms with van der Waals surface area (Å²) in [5.41, 5.74) is 2.36. The van der Waals surface area contributed by atoms with E-state index in [4.69, 9.17) is 9.47 Å². The van der Waals surface area contributed by atoms with E-state index in [9.17, 15) is 9.59 Å². The summed E-state index contributed by atoms with van der Waals surface area (Å²) >= 11 is 0. The summed E-state index contributed by atoms with van der Waals surface area (Å²) in [7, 11) is 0. The van der Waals surface area contributed by atoms with Gasteiger partial charge in [0.05, 0.1) is 13.2 Å². The monoisotopic (exact) mass is 368 g/mol. The molecule has 0 spiro atoms. The Kier molecular flexibility index (Phi) is 5.64. The highest BCUT2D eigenvalue weighted by Crippen LogP contribution is 2.33. The molecule has 1 N–H and O–H groups in total. The van der Waals surface area contributed by atoms with Crippen molar-refractivity contribution in [2.45, 2.75) is 33.2 Å². The zero-order valence-electron chi connectivity index (χ0n) is 15.8. The Morgan fingerprint density at radius 2 is 1.78 bits per heavy atom. The molecule has 1 aliphatic heterocycles. The number of anilines is 2. The van der Waals surface area contributed by atoms with E-state index >= 15 is 0 Å². The molecule has 6 heteroatoms. The summed E-state index contributed by atoms with van der Waals surface area (Å²) in [5, 5.41) is 2.67. The van der Waals surface area contributed by atoms with Crippen LogP contribution in [0.2, 0.25) is 0 Å².